The number of phenols is 1. The molecule has 0 aliphatic heterocycles. The maximum atomic E-state index is 13.8. The first-order valence-corrected chi connectivity index (χ1v) is 11.7. The van der Waals surface area contributed by atoms with E-state index in [0.29, 0.717) is 5.69 Å². The summed E-state index contributed by atoms with van der Waals surface area (Å²) < 4.78 is 5.23. The first-order chi connectivity index (χ1) is 17.3. The van der Waals surface area contributed by atoms with Gasteiger partial charge in [-0.2, -0.15) is 0 Å². The molecule has 0 heterocycles. The van der Waals surface area contributed by atoms with Crippen LogP contribution >= 0.6 is 0 Å². The van der Waals surface area contributed by atoms with Gasteiger partial charge in [0.15, 0.2) is 0 Å². The van der Waals surface area contributed by atoms with E-state index >= 15 is 0 Å². The Labute approximate surface area is 216 Å². The molecule has 2 rings (SSSR count). The fraction of sp³-hybridized carbons (Fsp3) is 0.333. The molecule has 0 aromatic heterocycles. The lowest BCUT2D eigenvalue weighted by Crippen LogP contribution is -2.53. The highest BCUT2D eigenvalue weighted by Crippen LogP contribution is 2.31. The molecule has 4 amide bonds. The number of carbonyl (C=O) groups excluding carboxylic acids is 4. The predicted molar refractivity (Wildman–Crippen MR) is 140 cm³/mol. The molecule has 2 aromatic rings. The molecule has 2 unspecified atom stereocenters. The number of nitrogens with two attached hydrogens (primary N) is 1. The highest BCUT2D eigenvalue weighted by atomic mass is 16.6. The van der Waals surface area contributed by atoms with Gasteiger partial charge in [-0.05, 0) is 45.4 Å². The van der Waals surface area contributed by atoms with Crippen LogP contribution in [0, 0.1) is 6.92 Å². The molecular weight excluding hydrogens is 476 g/mol. The fourth-order valence-electron chi connectivity index (χ4n) is 3.60. The lowest BCUT2D eigenvalue weighted by atomic mass is 10.0. The maximum Gasteiger partial charge on any atom is 0.408 e. The first-order valence-electron chi connectivity index (χ1n) is 11.7. The minimum Gasteiger partial charge on any atom is -0.508 e. The second kappa shape index (κ2) is 12.6. The van der Waals surface area contributed by atoms with Gasteiger partial charge < -0.3 is 31.1 Å². The standard InChI is InChI=1S/C27H34N4O6/c1-6-15-31(25(35)20(16-22(28)33)30-26(36)37-27(3,4)5)23(18-12-8-10-14-21(18)32)24(34)29-19-13-9-7-11-17(19)2/h6-14,20,23,32H,1,15-16H2,2-5H3,(H2,28,33)(H,29,34)(H,30,36). The molecule has 0 fully saturated rings. The lowest BCUT2D eigenvalue weighted by molar-refractivity contribution is -0.141. The van der Waals surface area contributed by atoms with Gasteiger partial charge in [-0.3, -0.25) is 14.4 Å². The zero-order valence-corrected chi connectivity index (χ0v) is 21.5. The van der Waals surface area contributed by atoms with Crippen molar-refractivity contribution in [3.63, 3.8) is 0 Å². The number of anilines is 1. The third kappa shape index (κ3) is 8.38. The van der Waals surface area contributed by atoms with Crippen LogP contribution in [0.3, 0.4) is 0 Å². The van der Waals surface area contributed by atoms with Gasteiger partial charge in [-0.25, -0.2) is 4.79 Å². The SMILES string of the molecule is C=CCN(C(=O)C(CC(N)=O)NC(=O)OC(C)(C)C)C(C(=O)Nc1ccccc1C)c1ccccc1O. The smallest absolute Gasteiger partial charge is 0.408 e. The highest BCUT2D eigenvalue weighted by Gasteiger charge is 2.37. The molecule has 0 saturated heterocycles. The Morgan fingerprint density at radius 1 is 1.11 bits per heavy atom. The van der Waals surface area contributed by atoms with Gasteiger partial charge >= 0.3 is 6.09 Å². The van der Waals surface area contributed by atoms with E-state index in [4.69, 9.17) is 10.5 Å². The summed E-state index contributed by atoms with van der Waals surface area (Å²) in [6.07, 6.45) is -0.0894. The largest absolute Gasteiger partial charge is 0.508 e. The summed E-state index contributed by atoms with van der Waals surface area (Å²) in [5, 5.41) is 15.8. The molecular formula is C27H34N4O6. The van der Waals surface area contributed by atoms with E-state index in [1.807, 2.05) is 19.1 Å². The van der Waals surface area contributed by atoms with Gasteiger partial charge in [0.2, 0.25) is 11.8 Å². The topological polar surface area (TPSA) is 151 Å². The summed E-state index contributed by atoms with van der Waals surface area (Å²) >= 11 is 0. The zero-order valence-electron chi connectivity index (χ0n) is 21.5. The van der Waals surface area contributed by atoms with E-state index < -0.39 is 47.9 Å². The summed E-state index contributed by atoms with van der Waals surface area (Å²) in [4.78, 5) is 52.7. The van der Waals surface area contributed by atoms with Crippen molar-refractivity contribution in [3.05, 3.63) is 72.3 Å². The summed E-state index contributed by atoms with van der Waals surface area (Å²) in [6, 6.07) is 10.4. The molecule has 37 heavy (non-hydrogen) atoms. The zero-order chi connectivity index (χ0) is 27.8. The van der Waals surface area contributed by atoms with Crippen molar-refractivity contribution < 1.29 is 29.0 Å². The van der Waals surface area contributed by atoms with Crippen LogP contribution in [0.1, 0.15) is 44.4 Å². The Morgan fingerprint density at radius 2 is 1.73 bits per heavy atom. The summed E-state index contributed by atoms with van der Waals surface area (Å²) in [6.45, 7) is 10.3. The second-order valence-electron chi connectivity index (χ2n) is 9.41. The molecule has 0 aliphatic rings. The van der Waals surface area contributed by atoms with Gasteiger partial charge in [0.1, 0.15) is 23.4 Å². The van der Waals surface area contributed by atoms with Crippen molar-refractivity contribution in [1.82, 2.24) is 10.2 Å². The summed E-state index contributed by atoms with van der Waals surface area (Å²) in [7, 11) is 0. The molecule has 0 radical (unpaired) electrons. The molecule has 0 aliphatic carbocycles. The Morgan fingerprint density at radius 3 is 2.30 bits per heavy atom. The van der Waals surface area contributed by atoms with E-state index in [9.17, 15) is 24.3 Å². The van der Waals surface area contributed by atoms with Crippen molar-refractivity contribution >= 4 is 29.5 Å². The Balaban J connectivity index is 2.53. The first kappa shape index (κ1) is 28.9. The van der Waals surface area contributed by atoms with E-state index in [2.05, 4.69) is 17.2 Å². The number of ether oxygens (including phenoxy) is 1. The van der Waals surface area contributed by atoms with E-state index in [1.165, 1.54) is 18.2 Å². The van der Waals surface area contributed by atoms with Crippen LogP contribution in [-0.4, -0.2) is 52.0 Å². The molecule has 0 bridgehead atoms. The number of aryl methyl sites for hydroxylation is 1. The van der Waals surface area contributed by atoms with Gasteiger partial charge in [-0.1, -0.05) is 42.5 Å². The van der Waals surface area contributed by atoms with Crippen LogP contribution in [0.25, 0.3) is 0 Å². The fourth-order valence-corrected chi connectivity index (χ4v) is 3.60. The lowest BCUT2D eigenvalue weighted by Gasteiger charge is -2.34. The van der Waals surface area contributed by atoms with Crippen molar-refractivity contribution in [1.29, 1.82) is 0 Å². The average molecular weight is 511 g/mol. The van der Waals surface area contributed by atoms with Crippen LogP contribution in [0.4, 0.5) is 10.5 Å². The highest BCUT2D eigenvalue weighted by molar-refractivity contribution is 6.00. The quantitative estimate of drug-likeness (QED) is 0.361. The van der Waals surface area contributed by atoms with Crippen LogP contribution in [0.2, 0.25) is 0 Å². The molecule has 10 nitrogen and oxygen atoms in total. The number of phenolic OH excluding ortho intramolecular Hbond substituents is 1. The Kier molecular flexibility index (Phi) is 9.82. The molecule has 0 saturated carbocycles. The number of primary amides is 1. The Bertz CT molecular complexity index is 1160. The van der Waals surface area contributed by atoms with E-state index in [0.717, 1.165) is 10.5 Å². The molecule has 5 N–H and O–H groups in total. The third-order valence-electron chi connectivity index (χ3n) is 5.20. The summed E-state index contributed by atoms with van der Waals surface area (Å²) in [5.74, 6) is -2.49. The van der Waals surface area contributed by atoms with Crippen molar-refractivity contribution in [3.8, 4) is 5.75 Å². The number of hydrogen-bond donors (Lipinski definition) is 4. The normalized spacial score (nSPS) is 12.5. The van der Waals surface area contributed by atoms with Crippen molar-refractivity contribution in [2.75, 3.05) is 11.9 Å². The van der Waals surface area contributed by atoms with E-state index in [1.54, 1.807) is 45.0 Å². The minimum absolute atomic E-state index is 0.138. The number of amides is 4. The Hall–Kier alpha value is -4.34. The third-order valence-corrected chi connectivity index (χ3v) is 5.20. The monoisotopic (exact) mass is 510 g/mol. The molecule has 10 heteroatoms. The number of carbonyl (C=O) groups is 4. The van der Waals surface area contributed by atoms with Crippen LogP contribution in [0.5, 0.6) is 5.75 Å². The van der Waals surface area contributed by atoms with Gasteiger partial charge in [0.25, 0.3) is 5.91 Å². The van der Waals surface area contributed by atoms with Gasteiger partial charge in [-0.15, -0.1) is 6.58 Å². The number of rotatable bonds is 10. The predicted octanol–water partition coefficient (Wildman–Crippen LogP) is 3.16. The van der Waals surface area contributed by atoms with Gasteiger partial charge in [0.05, 0.1) is 6.42 Å². The van der Waals surface area contributed by atoms with Crippen LogP contribution < -0.4 is 16.4 Å². The molecule has 2 aromatic carbocycles. The number of hydrogen-bond acceptors (Lipinski definition) is 6. The summed E-state index contributed by atoms with van der Waals surface area (Å²) in [5.41, 5.74) is 5.93. The molecule has 0 spiro atoms. The molecule has 2 atom stereocenters. The van der Waals surface area contributed by atoms with Gasteiger partial charge in [0, 0.05) is 17.8 Å². The maximum absolute atomic E-state index is 13.8. The minimum atomic E-state index is -1.44. The van der Waals surface area contributed by atoms with Crippen LogP contribution in [-0.2, 0) is 19.1 Å². The second-order valence-corrected chi connectivity index (χ2v) is 9.41. The number of aromatic hydroxyl groups is 1. The number of benzene rings is 2. The van der Waals surface area contributed by atoms with Crippen molar-refractivity contribution in [2.45, 2.75) is 51.8 Å². The van der Waals surface area contributed by atoms with E-state index in [-0.39, 0.29) is 17.9 Å². The molecule has 198 valence electrons. The average Bonchev–Trinajstić information content (AvgIpc) is 2.79. The van der Waals surface area contributed by atoms with Crippen LogP contribution in [0.15, 0.2) is 61.2 Å². The number of alkyl carbamates (subject to hydrolysis) is 1. The van der Waals surface area contributed by atoms with Crippen molar-refractivity contribution in [2.24, 2.45) is 5.73 Å². The number of para-hydroxylation sites is 2. The number of nitrogens with zero attached hydrogens (tertiary/aromatic N) is 1. The number of nitrogens with one attached hydrogen (secondary N) is 2.